The van der Waals surface area contributed by atoms with Crippen LogP contribution in [-0.2, 0) is 14.4 Å². The number of nitrogens with zero attached hydrogens (tertiary/aromatic N) is 2. The molecule has 3 rings (SSSR count). The molecule has 0 saturated carbocycles. The first-order valence-electron chi connectivity index (χ1n) is 9.32. The summed E-state index contributed by atoms with van der Waals surface area (Å²) >= 11 is 0. The van der Waals surface area contributed by atoms with Crippen LogP contribution in [0.25, 0.3) is 0 Å². The fraction of sp³-hybridized carbons (Fsp3) is 0.238. The molecule has 0 bridgehead atoms. The first-order valence-corrected chi connectivity index (χ1v) is 9.32. The average Bonchev–Trinajstić information content (AvgIpc) is 3.28. The van der Waals surface area contributed by atoms with Crippen LogP contribution in [0.3, 0.4) is 0 Å². The fourth-order valence-corrected chi connectivity index (χ4v) is 2.79. The number of rotatable bonds is 6. The number of hydrogen-bond acceptors (Lipinski definition) is 5. The van der Waals surface area contributed by atoms with Crippen molar-refractivity contribution in [2.45, 2.75) is 12.8 Å². The first-order chi connectivity index (χ1) is 14.1. The SMILES string of the molecule is O=C(COc1ccc(/C=N\NC(=O)C(=O)N2CCCC2)cc1)Nc1ccccc1. The highest BCUT2D eigenvalue weighted by Crippen LogP contribution is 2.12. The van der Waals surface area contributed by atoms with E-state index in [1.807, 2.05) is 18.2 Å². The molecule has 150 valence electrons. The van der Waals surface area contributed by atoms with E-state index in [1.54, 1.807) is 36.4 Å². The first kappa shape index (κ1) is 20.1. The van der Waals surface area contributed by atoms with Gasteiger partial charge in [-0.1, -0.05) is 18.2 Å². The lowest BCUT2D eigenvalue weighted by atomic mass is 10.2. The van der Waals surface area contributed by atoms with Crippen molar-refractivity contribution in [2.24, 2.45) is 5.10 Å². The van der Waals surface area contributed by atoms with Crippen LogP contribution < -0.4 is 15.5 Å². The number of likely N-dealkylation sites (tertiary alicyclic amines) is 1. The predicted molar refractivity (Wildman–Crippen MR) is 109 cm³/mol. The lowest BCUT2D eigenvalue weighted by Crippen LogP contribution is -2.39. The van der Waals surface area contributed by atoms with Crippen LogP contribution in [0.1, 0.15) is 18.4 Å². The Balaban J connectivity index is 1.42. The Bertz CT molecular complexity index is 875. The zero-order valence-electron chi connectivity index (χ0n) is 15.8. The molecule has 8 nitrogen and oxygen atoms in total. The largest absolute Gasteiger partial charge is 0.484 e. The quantitative estimate of drug-likeness (QED) is 0.443. The van der Waals surface area contributed by atoms with Crippen LogP contribution in [0.2, 0.25) is 0 Å². The molecule has 2 aromatic rings. The predicted octanol–water partition coefficient (Wildman–Crippen LogP) is 1.78. The minimum Gasteiger partial charge on any atom is -0.484 e. The van der Waals surface area contributed by atoms with Crippen LogP contribution in [0.15, 0.2) is 59.7 Å². The van der Waals surface area contributed by atoms with Gasteiger partial charge in [-0.15, -0.1) is 0 Å². The van der Waals surface area contributed by atoms with Gasteiger partial charge in [0.15, 0.2) is 6.61 Å². The van der Waals surface area contributed by atoms with E-state index in [1.165, 1.54) is 11.1 Å². The Labute approximate surface area is 168 Å². The molecule has 2 aromatic carbocycles. The molecule has 3 amide bonds. The van der Waals surface area contributed by atoms with Crippen molar-refractivity contribution in [3.8, 4) is 5.75 Å². The number of anilines is 1. The van der Waals surface area contributed by atoms with Crippen molar-refractivity contribution in [3.05, 3.63) is 60.2 Å². The molecule has 0 atom stereocenters. The van der Waals surface area contributed by atoms with Crippen molar-refractivity contribution in [1.29, 1.82) is 0 Å². The molecular formula is C21H22N4O4. The highest BCUT2D eigenvalue weighted by Gasteiger charge is 2.23. The molecule has 29 heavy (non-hydrogen) atoms. The molecule has 2 N–H and O–H groups in total. The van der Waals surface area contributed by atoms with E-state index >= 15 is 0 Å². The van der Waals surface area contributed by atoms with E-state index < -0.39 is 11.8 Å². The summed E-state index contributed by atoms with van der Waals surface area (Å²) in [6.45, 7) is 1.11. The molecule has 1 aliphatic rings. The van der Waals surface area contributed by atoms with E-state index in [0.29, 0.717) is 30.1 Å². The van der Waals surface area contributed by atoms with E-state index in [-0.39, 0.29) is 12.5 Å². The standard InChI is InChI=1S/C21H22N4O4/c26-19(23-17-6-2-1-3-7-17)15-29-18-10-8-16(9-11-18)14-22-24-20(27)21(28)25-12-4-5-13-25/h1-3,6-11,14H,4-5,12-13,15H2,(H,23,26)(H,24,27)/b22-14-. The monoisotopic (exact) mass is 394 g/mol. The third-order valence-electron chi connectivity index (χ3n) is 4.27. The van der Waals surface area contributed by atoms with Gasteiger partial charge in [0.05, 0.1) is 6.21 Å². The maximum Gasteiger partial charge on any atom is 0.329 e. The van der Waals surface area contributed by atoms with Crippen molar-refractivity contribution in [3.63, 3.8) is 0 Å². The van der Waals surface area contributed by atoms with Crippen LogP contribution >= 0.6 is 0 Å². The lowest BCUT2D eigenvalue weighted by molar-refractivity contribution is -0.145. The van der Waals surface area contributed by atoms with Crippen LogP contribution in [0.4, 0.5) is 5.69 Å². The number of hydrazone groups is 1. The number of ether oxygens (including phenoxy) is 1. The zero-order chi connectivity index (χ0) is 20.5. The van der Waals surface area contributed by atoms with Crippen LogP contribution in [-0.4, -0.2) is 48.5 Å². The number of hydrogen-bond donors (Lipinski definition) is 2. The van der Waals surface area contributed by atoms with E-state index in [0.717, 1.165) is 12.8 Å². The van der Waals surface area contributed by atoms with Gasteiger partial charge in [0.2, 0.25) is 0 Å². The third kappa shape index (κ3) is 6.17. The van der Waals surface area contributed by atoms with Gasteiger partial charge in [0.1, 0.15) is 5.75 Å². The molecule has 1 aliphatic heterocycles. The molecule has 1 fully saturated rings. The van der Waals surface area contributed by atoms with Crippen molar-refractivity contribution >= 4 is 29.6 Å². The molecular weight excluding hydrogens is 372 g/mol. The Kier molecular flexibility index (Phi) is 6.94. The summed E-state index contributed by atoms with van der Waals surface area (Å²) in [7, 11) is 0. The summed E-state index contributed by atoms with van der Waals surface area (Å²) < 4.78 is 5.45. The minimum absolute atomic E-state index is 0.114. The molecule has 0 aromatic heterocycles. The summed E-state index contributed by atoms with van der Waals surface area (Å²) in [6, 6.07) is 16.0. The second-order valence-corrected chi connectivity index (χ2v) is 6.47. The number of carbonyl (C=O) groups is 3. The number of carbonyl (C=O) groups excluding carboxylic acids is 3. The summed E-state index contributed by atoms with van der Waals surface area (Å²) in [5.41, 5.74) is 3.66. The lowest BCUT2D eigenvalue weighted by Gasteiger charge is -2.12. The molecule has 0 aliphatic carbocycles. The van der Waals surface area contributed by atoms with Gasteiger partial charge >= 0.3 is 11.8 Å². The zero-order valence-corrected chi connectivity index (χ0v) is 15.8. The number of para-hydroxylation sites is 1. The number of amides is 3. The number of nitrogens with one attached hydrogen (secondary N) is 2. The normalized spacial score (nSPS) is 13.3. The van der Waals surface area contributed by atoms with Crippen molar-refractivity contribution in [1.82, 2.24) is 10.3 Å². The Morgan fingerprint density at radius 3 is 2.38 bits per heavy atom. The van der Waals surface area contributed by atoms with Crippen LogP contribution in [0, 0.1) is 0 Å². The van der Waals surface area contributed by atoms with Gasteiger partial charge in [0, 0.05) is 18.8 Å². The Morgan fingerprint density at radius 2 is 1.69 bits per heavy atom. The topological polar surface area (TPSA) is 100 Å². The molecule has 1 heterocycles. The van der Waals surface area contributed by atoms with Gasteiger partial charge in [-0.25, -0.2) is 5.43 Å². The van der Waals surface area contributed by atoms with Gasteiger partial charge in [-0.3, -0.25) is 14.4 Å². The fourth-order valence-electron chi connectivity index (χ4n) is 2.79. The Hall–Kier alpha value is -3.68. The van der Waals surface area contributed by atoms with Gasteiger partial charge in [-0.2, -0.15) is 5.10 Å². The van der Waals surface area contributed by atoms with Crippen molar-refractivity contribution < 1.29 is 19.1 Å². The molecule has 0 radical (unpaired) electrons. The maximum atomic E-state index is 11.9. The van der Waals surface area contributed by atoms with Gasteiger partial charge in [0.25, 0.3) is 5.91 Å². The molecule has 8 heteroatoms. The summed E-state index contributed by atoms with van der Waals surface area (Å²) in [5, 5.41) is 6.54. The Morgan fingerprint density at radius 1 is 1.00 bits per heavy atom. The highest BCUT2D eigenvalue weighted by atomic mass is 16.5. The minimum atomic E-state index is -0.743. The molecule has 0 spiro atoms. The van der Waals surface area contributed by atoms with Gasteiger partial charge < -0.3 is 15.0 Å². The molecule has 1 saturated heterocycles. The van der Waals surface area contributed by atoms with Crippen LogP contribution in [0.5, 0.6) is 5.75 Å². The third-order valence-corrected chi connectivity index (χ3v) is 4.27. The van der Waals surface area contributed by atoms with E-state index in [4.69, 9.17) is 4.74 Å². The smallest absolute Gasteiger partial charge is 0.329 e. The second-order valence-electron chi connectivity index (χ2n) is 6.47. The highest BCUT2D eigenvalue weighted by molar-refractivity contribution is 6.35. The molecule has 0 unspecified atom stereocenters. The van der Waals surface area contributed by atoms with E-state index in [2.05, 4.69) is 15.8 Å². The summed E-state index contributed by atoms with van der Waals surface area (Å²) in [6.07, 6.45) is 3.27. The number of benzene rings is 2. The van der Waals surface area contributed by atoms with Crippen molar-refractivity contribution in [2.75, 3.05) is 25.0 Å². The average molecular weight is 394 g/mol. The summed E-state index contributed by atoms with van der Waals surface area (Å²) in [5.74, 6) is -1.03. The second kappa shape index (κ2) is 10.0. The summed E-state index contributed by atoms with van der Waals surface area (Å²) in [4.78, 5) is 37.0. The maximum absolute atomic E-state index is 11.9. The van der Waals surface area contributed by atoms with Gasteiger partial charge in [-0.05, 0) is 54.8 Å². The van der Waals surface area contributed by atoms with E-state index in [9.17, 15) is 14.4 Å².